The number of ether oxygens (including phenoxy) is 2. The van der Waals surface area contributed by atoms with Crippen LogP contribution in [0.3, 0.4) is 0 Å². The summed E-state index contributed by atoms with van der Waals surface area (Å²) in [6.45, 7) is 22.1. The quantitative estimate of drug-likeness (QED) is 0.219. The van der Waals surface area contributed by atoms with E-state index < -0.39 is 24.1 Å². The van der Waals surface area contributed by atoms with E-state index in [0.717, 1.165) is 12.8 Å². The van der Waals surface area contributed by atoms with Gasteiger partial charge in [0.25, 0.3) is 0 Å². The lowest BCUT2D eigenvalue weighted by Gasteiger charge is -2.37. The Balaban J connectivity index is 5.13. The molecule has 0 rings (SSSR count). The predicted octanol–water partition coefficient (Wildman–Crippen LogP) is 4.87. The Labute approximate surface area is 192 Å². The zero-order chi connectivity index (χ0) is 24.3. The monoisotopic (exact) mass is 447 g/mol. The van der Waals surface area contributed by atoms with Crippen LogP contribution in [0.1, 0.15) is 88.5 Å². The van der Waals surface area contributed by atoms with Crippen LogP contribution in [-0.4, -0.2) is 75.3 Å². The number of nitrogens with zero attached hydrogens (tertiary/aromatic N) is 1. The summed E-state index contributed by atoms with van der Waals surface area (Å²) in [5, 5.41) is 1.69. The van der Waals surface area contributed by atoms with Crippen LogP contribution in [0.4, 0.5) is 0 Å². The lowest BCUT2D eigenvalue weighted by atomic mass is 9.97. The van der Waals surface area contributed by atoms with Gasteiger partial charge >= 0.3 is 7.32 Å². The molecule has 0 aromatic rings. The molecule has 0 aromatic heterocycles. The first-order valence-corrected chi connectivity index (χ1v) is 11.6. The van der Waals surface area contributed by atoms with E-state index in [2.05, 4.69) is 0 Å². The third-order valence-electron chi connectivity index (χ3n) is 4.61. The Bertz CT molecular complexity index is 402. The largest absolute Gasteiger partial charge is 0.640 e. The number of hydroxylamine groups is 2. The average Bonchev–Trinajstić information content (AvgIpc) is 2.51. The fraction of sp³-hybridized carbons (Fsp3) is 1.00. The summed E-state index contributed by atoms with van der Waals surface area (Å²) in [7, 11) is 2.91. The Kier molecular flexibility index (Phi) is 14.0. The summed E-state index contributed by atoms with van der Waals surface area (Å²) in [6, 6.07) is 0. The molecule has 0 heterocycles. The fourth-order valence-corrected chi connectivity index (χ4v) is 2.59. The van der Waals surface area contributed by atoms with Crippen LogP contribution in [0.15, 0.2) is 0 Å². The van der Waals surface area contributed by atoms with Gasteiger partial charge in [-0.05, 0) is 88.5 Å². The smallest absolute Gasteiger partial charge is 0.381 e. The minimum atomic E-state index is -0.822. The van der Waals surface area contributed by atoms with Gasteiger partial charge in [-0.15, -0.1) is 0 Å². The molecule has 0 aliphatic rings. The first-order chi connectivity index (χ1) is 14.0. The Morgan fingerprint density at radius 1 is 0.613 bits per heavy atom. The van der Waals surface area contributed by atoms with Gasteiger partial charge in [0.05, 0.1) is 35.6 Å². The fourth-order valence-electron chi connectivity index (χ4n) is 2.59. The Morgan fingerprint density at radius 3 is 1.23 bits per heavy atom. The zero-order valence-electron chi connectivity index (χ0n) is 22.4. The molecule has 0 saturated heterocycles. The van der Waals surface area contributed by atoms with Crippen LogP contribution in [0.25, 0.3) is 0 Å². The normalized spacial score (nSPS) is 13.6. The molecule has 0 unspecified atom stereocenters. The molecule has 0 radical (unpaired) electrons. The summed E-state index contributed by atoms with van der Waals surface area (Å²) in [6.07, 6.45) is 2.54. The van der Waals surface area contributed by atoms with Crippen molar-refractivity contribution in [2.75, 3.05) is 33.9 Å². The van der Waals surface area contributed by atoms with E-state index in [-0.39, 0.29) is 12.2 Å². The summed E-state index contributed by atoms with van der Waals surface area (Å²) in [5.41, 5.74) is -1.43. The van der Waals surface area contributed by atoms with E-state index in [1.807, 2.05) is 83.3 Å². The molecular weight excluding hydrogens is 397 g/mol. The van der Waals surface area contributed by atoms with Crippen molar-refractivity contribution in [2.45, 2.75) is 118 Å². The topological polar surface area (TPSA) is 58.6 Å². The molecule has 31 heavy (non-hydrogen) atoms. The van der Waals surface area contributed by atoms with Gasteiger partial charge in [0.15, 0.2) is 0 Å². The predicted molar refractivity (Wildman–Crippen MR) is 127 cm³/mol. The summed E-state index contributed by atoms with van der Waals surface area (Å²) < 4.78 is 30.4. The minimum absolute atomic E-state index is 0.189. The van der Waals surface area contributed by atoms with Gasteiger partial charge in [0.2, 0.25) is 0 Å². The third kappa shape index (κ3) is 18.0. The maximum absolute atomic E-state index is 6.33. The lowest BCUT2D eigenvalue weighted by molar-refractivity contribution is -0.137. The second kappa shape index (κ2) is 14.1. The molecule has 7 nitrogen and oxygen atoms in total. The molecule has 186 valence electrons. The van der Waals surface area contributed by atoms with Crippen LogP contribution in [0.5, 0.6) is 0 Å². The highest BCUT2D eigenvalue weighted by molar-refractivity contribution is 6.36. The highest BCUT2D eigenvalue weighted by atomic mass is 16.8. The van der Waals surface area contributed by atoms with E-state index in [9.17, 15) is 0 Å². The lowest BCUT2D eigenvalue weighted by Crippen LogP contribution is -2.48. The maximum Gasteiger partial charge on any atom is 0.640 e. The van der Waals surface area contributed by atoms with E-state index in [1.165, 1.54) is 0 Å². The molecule has 0 atom stereocenters. The van der Waals surface area contributed by atoms with Crippen molar-refractivity contribution in [2.24, 2.45) is 0 Å². The van der Waals surface area contributed by atoms with Gasteiger partial charge in [0.1, 0.15) is 0 Å². The van der Waals surface area contributed by atoms with Crippen LogP contribution in [0, 0.1) is 0 Å². The Hall–Kier alpha value is -0.215. The Morgan fingerprint density at radius 2 is 0.935 bits per heavy atom. The van der Waals surface area contributed by atoms with E-state index in [4.69, 9.17) is 28.3 Å². The van der Waals surface area contributed by atoms with Crippen molar-refractivity contribution < 1.29 is 28.3 Å². The molecule has 0 aliphatic heterocycles. The molecule has 0 aromatic carbocycles. The van der Waals surface area contributed by atoms with Crippen molar-refractivity contribution in [3.8, 4) is 0 Å². The summed E-state index contributed by atoms with van der Waals surface area (Å²) in [5.74, 6) is 0. The van der Waals surface area contributed by atoms with Gasteiger partial charge in [-0.2, -0.15) is 5.06 Å². The number of rotatable bonds is 18. The maximum atomic E-state index is 6.33. The first kappa shape index (κ1) is 30.8. The molecule has 0 saturated carbocycles. The van der Waals surface area contributed by atoms with Gasteiger partial charge in [0, 0.05) is 27.3 Å². The highest BCUT2D eigenvalue weighted by Crippen LogP contribution is 2.26. The van der Waals surface area contributed by atoms with Gasteiger partial charge in [-0.25, -0.2) is 0 Å². The van der Waals surface area contributed by atoms with Crippen molar-refractivity contribution in [1.29, 1.82) is 0 Å². The molecule has 0 N–H and O–H groups in total. The SMILES string of the molecule is CC(C)OCCC(C)(C)OB(OC(C)(C)CCOC(C)C)OC(C)(C)CCON(C)C. The molecule has 0 aliphatic carbocycles. The molecule has 8 heteroatoms. The van der Waals surface area contributed by atoms with Crippen molar-refractivity contribution in [1.82, 2.24) is 5.06 Å². The molecule has 0 spiro atoms. The molecular formula is C23H50BNO6. The molecule has 0 bridgehead atoms. The van der Waals surface area contributed by atoms with E-state index in [0.29, 0.717) is 26.2 Å². The summed E-state index contributed by atoms with van der Waals surface area (Å²) >= 11 is 0. The van der Waals surface area contributed by atoms with E-state index >= 15 is 0 Å². The first-order valence-electron chi connectivity index (χ1n) is 11.6. The van der Waals surface area contributed by atoms with Gasteiger partial charge in [-0.3, -0.25) is 4.84 Å². The van der Waals surface area contributed by atoms with Gasteiger partial charge < -0.3 is 23.4 Å². The van der Waals surface area contributed by atoms with Crippen molar-refractivity contribution in [3.63, 3.8) is 0 Å². The highest BCUT2D eigenvalue weighted by Gasteiger charge is 2.40. The second-order valence-corrected chi connectivity index (χ2v) is 10.7. The second-order valence-electron chi connectivity index (χ2n) is 10.7. The van der Waals surface area contributed by atoms with Crippen molar-refractivity contribution in [3.05, 3.63) is 0 Å². The van der Waals surface area contributed by atoms with Crippen LogP contribution in [-0.2, 0) is 28.3 Å². The molecule has 0 fully saturated rings. The van der Waals surface area contributed by atoms with Gasteiger partial charge in [-0.1, -0.05) is 0 Å². The van der Waals surface area contributed by atoms with Crippen LogP contribution < -0.4 is 0 Å². The average molecular weight is 447 g/mol. The van der Waals surface area contributed by atoms with Crippen LogP contribution >= 0.6 is 0 Å². The van der Waals surface area contributed by atoms with Crippen molar-refractivity contribution >= 4 is 7.32 Å². The number of hydrogen-bond acceptors (Lipinski definition) is 7. The van der Waals surface area contributed by atoms with Crippen LogP contribution in [0.2, 0.25) is 0 Å². The molecule has 0 amide bonds. The summed E-state index contributed by atoms with van der Waals surface area (Å²) in [4.78, 5) is 5.55. The number of hydrogen-bond donors (Lipinski definition) is 0. The third-order valence-corrected chi connectivity index (χ3v) is 4.61. The minimum Gasteiger partial charge on any atom is -0.381 e. The van der Waals surface area contributed by atoms with E-state index in [1.54, 1.807) is 5.06 Å². The standard InChI is InChI=1S/C23H50BNO6/c1-19(2)26-16-13-21(5,6)29-24(30-22(7,8)14-17-27-20(3)4)31-23(9,10)15-18-28-25(11)12/h19-20H,13-18H2,1-12H3. The zero-order valence-corrected chi connectivity index (χ0v) is 22.4.